The molecule has 0 aromatic heterocycles. The number of carbonyl (C=O) groups is 2. The van der Waals surface area contributed by atoms with Gasteiger partial charge in [-0.1, -0.05) is 42.0 Å². The first-order valence-corrected chi connectivity index (χ1v) is 9.47. The van der Waals surface area contributed by atoms with E-state index in [2.05, 4.69) is 0 Å². The Morgan fingerprint density at radius 3 is 2.45 bits per heavy atom. The van der Waals surface area contributed by atoms with E-state index in [0.717, 1.165) is 11.1 Å². The van der Waals surface area contributed by atoms with E-state index in [4.69, 9.17) is 4.74 Å². The maximum absolute atomic E-state index is 12.9. The van der Waals surface area contributed by atoms with Crippen LogP contribution in [0.5, 0.6) is 5.75 Å². The maximum Gasteiger partial charge on any atom is 0.295 e. The number of aliphatic hydroxyl groups excluding tert-OH is 1. The number of nitrogens with zero attached hydrogens (tertiary/aromatic N) is 2. The van der Waals surface area contributed by atoms with Crippen molar-refractivity contribution in [3.63, 3.8) is 0 Å². The van der Waals surface area contributed by atoms with Crippen molar-refractivity contribution in [1.29, 1.82) is 0 Å². The number of carbonyl (C=O) groups excluding carboxylic acids is 2. The molecular weight excluding hydrogens is 368 g/mol. The lowest BCUT2D eigenvalue weighted by Crippen LogP contribution is -2.35. The molecule has 2 aromatic carbocycles. The molecule has 3 rings (SSSR count). The molecular formula is C23H26N2O4. The number of rotatable bonds is 6. The summed E-state index contributed by atoms with van der Waals surface area (Å²) in [5.41, 5.74) is 2.37. The maximum atomic E-state index is 12.9. The first-order chi connectivity index (χ1) is 13.8. The van der Waals surface area contributed by atoms with Crippen LogP contribution < -0.4 is 4.74 Å². The van der Waals surface area contributed by atoms with Crippen LogP contribution >= 0.6 is 0 Å². The third-order valence-corrected chi connectivity index (χ3v) is 5.06. The molecule has 152 valence electrons. The Morgan fingerprint density at radius 2 is 1.83 bits per heavy atom. The number of amides is 1. The van der Waals surface area contributed by atoms with Crippen LogP contribution in [0.15, 0.2) is 54.1 Å². The second-order valence-electron chi connectivity index (χ2n) is 7.44. The van der Waals surface area contributed by atoms with E-state index in [-0.39, 0.29) is 11.3 Å². The van der Waals surface area contributed by atoms with Gasteiger partial charge in [-0.05, 0) is 38.7 Å². The SMILES string of the molecule is COc1cccc([C@@H]2C(=C(O)c3ccc(C)cc3)C(=O)C(=O)N2CCN(C)C)c1. The molecule has 0 unspecified atom stereocenters. The molecule has 1 aliphatic rings. The van der Waals surface area contributed by atoms with Gasteiger partial charge in [0.05, 0.1) is 18.7 Å². The fourth-order valence-corrected chi connectivity index (χ4v) is 3.44. The van der Waals surface area contributed by atoms with Crippen LogP contribution in [-0.2, 0) is 9.59 Å². The third-order valence-electron chi connectivity index (χ3n) is 5.06. The molecule has 1 fully saturated rings. The zero-order chi connectivity index (χ0) is 21.1. The molecule has 1 atom stereocenters. The number of methoxy groups -OCH3 is 1. The van der Waals surface area contributed by atoms with Crippen molar-refractivity contribution in [1.82, 2.24) is 9.80 Å². The van der Waals surface area contributed by atoms with E-state index in [1.807, 2.05) is 50.2 Å². The van der Waals surface area contributed by atoms with Crippen LogP contribution in [-0.4, -0.2) is 60.9 Å². The number of likely N-dealkylation sites (tertiary alicyclic amines) is 1. The molecule has 0 saturated carbocycles. The van der Waals surface area contributed by atoms with Crippen molar-refractivity contribution < 1.29 is 19.4 Å². The minimum Gasteiger partial charge on any atom is -0.507 e. The highest BCUT2D eigenvalue weighted by molar-refractivity contribution is 6.46. The van der Waals surface area contributed by atoms with Gasteiger partial charge in [-0.15, -0.1) is 0 Å². The van der Waals surface area contributed by atoms with E-state index >= 15 is 0 Å². The number of hydrogen-bond donors (Lipinski definition) is 1. The number of likely N-dealkylation sites (N-methyl/N-ethyl adjacent to an activating group) is 1. The summed E-state index contributed by atoms with van der Waals surface area (Å²) in [6.45, 7) is 2.91. The molecule has 1 aliphatic heterocycles. The van der Waals surface area contributed by atoms with Crippen LogP contribution in [0.1, 0.15) is 22.7 Å². The van der Waals surface area contributed by atoms with Crippen molar-refractivity contribution in [3.8, 4) is 5.75 Å². The van der Waals surface area contributed by atoms with Gasteiger partial charge in [0.1, 0.15) is 11.5 Å². The van der Waals surface area contributed by atoms with Gasteiger partial charge in [0.2, 0.25) is 0 Å². The minimum absolute atomic E-state index is 0.103. The van der Waals surface area contributed by atoms with Crippen LogP contribution in [0.3, 0.4) is 0 Å². The smallest absolute Gasteiger partial charge is 0.295 e. The van der Waals surface area contributed by atoms with Gasteiger partial charge in [0, 0.05) is 18.7 Å². The van der Waals surface area contributed by atoms with Crippen molar-refractivity contribution in [2.24, 2.45) is 0 Å². The molecule has 1 saturated heterocycles. The highest BCUT2D eigenvalue weighted by Gasteiger charge is 2.45. The topological polar surface area (TPSA) is 70.1 Å². The Morgan fingerprint density at radius 1 is 1.14 bits per heavy atom. The molecule has 1 amide bonds. The van der Waals surface area contributed by atoms with Gasteiger partial charge in [0.25, 0.3) is 11.7 Å². The average Bonchev–Trinajstić information content (AvgIpc) is 2.97. The summed E-state index contributed by atoms with van der Waals surface area (Å²) in [6, 6.07) is 13.8. The Labute approximate surface area is 171 Å². The number of ether oxygens (including phenoxy) is 1. The predicted molar refractivity (Wildman–Crippen MR) is 112 cm³/mol. The second kappa shape index (κ2) is 8.49. The highest BCUT2D eigenvalue weighted by Crippen LogP contribution is 2.40. The van der Waals surface area contributed by atoms with E-state index in [9.17, 15) is 14.7 Å². The standard InChI is InChI=1S/C23H26N2O4/c1-15-8-10-16(11-9-15)21(26)19-20(17-6-5-7-18(14-17)29-4)25(13-12-24(2)3)23(28)22(19)27/h5-11,14,20,26H,12-13H2,1-4H3/t20-/m1/s1. The van der Waals surface area contributed by atoms with Crippen LogP contribution in [0.25, 0.3) is 5.76 Å². The van der Waals surface area contributed by atoms with Crippen molar-refractivity contribution >= 4 is 17.4 Å². The lowest BCUT2D eigenvalue weighted by molar-refractivity contribution is -0.140. The fourth-order valence-electron chi connectivity index (χ4n) is 3.44. The van der Waals surface area contributed by atoms with E-state index < -0.39 is 17.7 Å². The zero-order valence-corrected chi connectivity index (χ0v) is 17.2. The van der Waals surface area contributed by atoms with Crippen LogP contribution in [0.4, 0.5) is 0 Å². The Bertz CT molecular complexity index is 948. The third kappa shape index (κ3) is 4.17. The van der Waals surface area contributed by atoms with Crippen LogP contribution in [0, 0.1) is 6.92 Å². The van der Waals surface area contributed by atoms with Crippen molar-refractivity contribution in [3.05, 3.63) is 70.8 Å². The molecule has 0 aliphatic carbocycles. The quantitative estimate of drug-likeness (QED) is 0.463. The first-order valence-electron chi connectivity index (χ1n) is 9.47. The first kappa shape index (κ1) is 20.6. The number of Topliss-reactive ketones (excluding diaryl/α,β-unsaturated/α-hetero) is 1. The summed E-state index contributed by atoms with van der Waals surface area (Å²) in [5, 5.41) is 11.0. The molecule has 1 N–H and O–H groups in total. The molecule has 1 heterocycles. The van der Waals surface area contributed by atoms with E-state index in [1.54, 1.807) is 31.4 Å². The lowest BCUT2D eigenvalue weighted by atomic mass is 9.95. The molecule has 6 heteroatoms. The normalized spacial score (nSPS) is 18.5. The molecule has 2 aromatic rings. The van der Waals surface area contributed by atoms with Gasteiger partial charge in [-0.3, -0.25) is 9.59 Å². The van der Waals surface area contributed by atoms with Gasteiger partial charge in [-0.25, -0.2) is 0 Å². The molecule has 0 spiro atoms. The zero-order valence-electron chi connectivity index (χ0n) is 17.2. The average molecular weight is 394 g/mol. The highest BCUT2D eigenvalue weighted by atomic mass is 16.5. The number of benzene rings is 2. The van der Waals surface area contributed by atoms with E-state index in [0.29, 0.717) is 24.4 Å². The summed E-state index contributed by atoms with van der Waals surface area (Å²) in [4.78, 5) is 29.2. The number of hydrogen-bond acceptors (Lipinski definition) is 5. The van der Waals surface area contributed by atoms with E-state index in [1.165, 1.54) is 4.90 Å². The molecule has 0 radical (unpaired) electrons. The van der Waals surface area contributed by atoms with Crippen LogP contribution in [0.2, 0.25) is 0 Å². The minimum atomic E-state index is -0.675. The van der Waals surface area contributed by atoms with Gasteiger partial charge in [-0.2, -0.15) is 0 Å². The van der Waals surface area contributed by atoms with Gasteiger partial charge < -0.3 is 19.6 Å². The number of aryl methyl sites for hydroxylation is 1. The monoisotopic (exact) mass is 394 g/mol. The summed E-state index contributed by atoms with van der Waals surface area (Å²) >= 11 is 0. The lowest BCUT2D eigenvalue weighted by Gasteiger charge is -2.26. The number of aliphatic hydroxyl groups is 1. The van der Waals surface area contributed by atoms with Gasteiger partial charge in [0.15, 0.2) is 0 Å². The van der Waals surface area contributed by atoms with Crippen molar-refractivity contribution in [2.45, 2.75) is 13.0 Å². The summed E-state index contributed by atoms with van der Waals surface area (Å²) < 4.78 is 5.32. The Balaban J connectivity index is 2.15. The largest absolute Gasteiger partial charge is 0.507 e. The molecule has 6 nitrogen and oxygen atoms in total. The second-order valence-corrected chi connectivity index (χ2v) is 7.44. The molecule has 29 heavy (non-hydrogen) atoms. The van der Waals surface area contributed by atoms with Gasteiger partial charge >= 0.3 is 0 Å². The predicted octanol–water partition coefficient (Wildman–Crippen LogP) is 2.99. The Kier molecular flexibility index (Phi) is 6.03. The molecule has 0 bridgehead atoms. The number of ketones is 1. The summed E-state index contributed by atoms with van der Waals surface area (Å²) in [6.07, 6.45) is 0. The summed E-state index contributed by atoms with van der Waals surface area (Å²) in [7, 11) is 5.38. The summed E-state index contributed by atoms with van der Waals surface area (Å²) in [5.74, 6) is -0.817. The fraction of sp³-hybridized carbons (Fsp3) is 0.304. The Hall–Kier alpha value is -3.12. The van der Waals surface area contributed by atoms with Crippen molar-refractivity contribution in [2.75, 3.05) is 34.3 Å².